The van der Waals surface area contributed by atoms with E-state index in [9.17, 15) is 0 Å². The van der Waals surface area contributed by atoms with Crippen molar-refractivity contribution in [3.8, 4) is 33.4 Å². The van der Waals surface area contributed by atoms with Crippen LogP contribution in [0.1, 0.15) is 22.3 Å². The second kappa shape index (κ2) is 14.3. The minimum absolute atomic E-state index is 0.520. The maximum absolute atomic E-state index is 6.65. The molecule has 11 aromatic rings. The van der Waals surface area contributed by atoms with E-state index in [0.717, 1.165) is 50.3 Å². The van der Waals surface area contributed by atoms with Gasteiger partial charge in [-0.2, -0.15) is 0 Å². The van der Waals surface area contributed by atoms with Crippen LogP contribution in [0.4, 0.5) is 34.1 Å². The molecule has 0 amide bonds. The molecule has 0 saturated heterocycles. The van der Waals surface area contributed by atoms with Gasteiger partial charge in [0.2, 0.25) is 0 Å². The molecule has 0 saturated carbocycles. The van der Waals surface area contributed by atoms with Gasteiger partial charge in [-0.15, -0.1) is 0 Å². The lowest BCUT2D eigenvalue weighted by molar-refractivity contribution is 0.669. The fraction of sp³-hybridized carbons (Fsp3) is 0.0164. The summed E-state index contributed by atoms with van der Waals surface area (Å²) in [5.74, 6) is 0. The van der Waals surface area contributed by atoms with Gasteiger partial charge < -0.3 is 14.2 Å². The average Bonchev–Trinajstić information content (AvgIpc) is 3.90. The standard InChI is InChI=1S/C61H40N2O/c1-3-16-41(17-4-1)42-30-35-46(36-31-42)62(58-28-15-22-51-50-21-8-14-29-59(50)64-60(51)58)47-37-32-43(33-38-47)44-34-39-49-48-20-7-9-23-52(48)61(55(49)40-44)53-24-10-12-26-56(53)63(45-18-5-2-6-19-45)57-27-13-11-25-54(57)61/h1-40H. The molecule has 0 radical (unpaired) electrons. The van der Waals surface area contributed by atoms with E-state index in [4.69, 9.17) is 4.42 Å². The minimum atomic E-state index is -0.520. The van der Waals surface area contributed by atoms with Crippen LogP contribution in [0.3, 0.4) is 0 Å². The highest BCUT2D eigenvalue weighted by Crippen LogP contribution is 2.63. The first-order chi connectivity index (χ1) is 31.8. The van der Waals surface area contributed by atoms with Crippen molar-refractivity contribution in [2.45, 2.75) is 5.41 Å². The molecule has 10 aromatic carbocycles. The number of hydrogen-bond donors (Lipinski definition) is 0. The van der Waals surface area contributed by atoms with Gasteiger partial charge in [-0.05, 0) is 122 Å². The molecule has 0 fully saturated rings. The Morgan fingerprint density at radius 3 is 1.58 bits per heavy atom. The van der Waals surface area contributed by atoms with Crippen molar-refractivity contribution in [3.63, 3.8) is 0 Å². The van der Waals surface area contributed by atoms with Crippen molar-refractivity contribution in [2.24, 2.45) is 0 Å². The van der Waals surface area contributed by atoms with E-state index in [2.05, 4.69) is 246 Å². The molecular weight excluding hydrogens is 777 g/mol. The molecule has 0 atom stereocenters. The number of nitrogens with zero attached hydrogens (tertiary/aromatic N) is 2. The summed E-state index contributed by atoms with van der Waals surface area (Å²) in [6.45, 7) is 0. The Morgan fingerprint density at radius 2 is 0.875 bits per heavy atom. The Labute approximate surface area is 372 Å². The van der Waals surface area contributed by atoms with E-state index in [1.54, 1.807) is 0 Å². The monoisotopic (exact) mass is 816 g/mol. The van der Waals surface area contributed by atoms with Crippen molar-refractivity contribution in [2.75, 3.05) is 9.80 Å². The van der Waals surface area contributed by atoms with Crippen LogP contribution in [-0.4, -0.2) is 0 Å². The molecule has 3 heteroatoms. The van der Waals surface area contributed by atoms with Crippen LogP contribution in [0, 0.1) is 0 Å². The number of fused-ring (bicyclic) bond motifs is 12. The van der Waals surface area contributed by atoms with Crippen LogP contribution in [0.15, 0.2) is 247 Å². The molecule has 1 aliphatic heterocycles. The maximum atomic E-state index is 6.65. The van der Waals surface area contributed by atoms with Crippen molar-refractivity contribution in [1.29, 1.82) is 0 Å². The number of para-hydroxylation sites is 5. The Hall–Kier alpha value is -8.40. The van der Waals surface area contributed by atoms with Crippen LogP contribution >= 0.6 is 0 Å². The van der Waals surface area contributed by atoms with E-state index >= 15 is 0 Å². The van der Waals surface area contributed by atoms with E-state index in [-0.39, 0.29) is 0 Å². The third kappa shape index (κ3) is 5.34. The van der Waals surface area contributed by atoms with Gasteiger partial charge in [-0.3, -0.25) is 0 Å². The van der Waals surface area contributed by atoms with Crippen LogP contribution in [0.5, 0.6) is 0 Å². The highest BCUT2D eigenvalue weighted by atomic mass is 16.3. The lowest BCUT2D eigenvalue weighted by atomic mass is 9.64. The number of anilines is 6. The molecule has 0 bridgehead atoms. The average molecular weight is 817 g/mol. The molecule has 300 valence electrons. The first-order valence-electron chi connectivity index (χ1n) is 22.0. The Balaban J connectivity index is 0.965. The third-order valence-corrected chi connectivity index (χ3v) is 13.5. The second-order valence-electron chi connectivity index (χ2n) is 16.8. The van der Waals surface area contributed by atoms with Crippen molar-refractivity contribution < 1.29 is 4.42 Å². The molecule has 3 nitrogen and oxygen atoms in total. The first-order valence-corrected chi connectivity index (χ1v) is 22.0. The van der Waals surface area contributed by atoms with E-state index in [0.29, 0.717) is 0 Å². The van der Waals surface area contributed by atoms with Crippen LogP contribution in [-0.2, 0) is 5.41 Å². The molecule has 1 aromatic heterocycles. The fourth-order valence-corrected chi connectivity index (χ4v) is 10.7. The number of furan rings is 1. The normalized spacial score (nSPS) is 13.1. The SMILES string of the molecule is c1ccc(-c2ccc(N(c3ccc(-c4ccc5c(c4)C4(c6ccccc6-5)c5ccccc5N(c5ccccc5)c5ccccc54)cc3)c3cccc4c3oc3ccccc34)cc2)cc1. The third-order valence-electron chi connectivity index (χ3n) is 13.5. The Bertz CT molecular complexity index is 3510. The summed E-state index contributed by atoms with van der Waals surface area (Å²) < 4.78 is 6.65. The molecule has 0 unspecified atom stereocenters. The minimum Gasteiger partial charge on any atom is -0.454 e. The Morgan fingerprint density at radius 1 is 0.359 bits per heavy atom. The molecular formula is C61H40N2O. The highest BCUT2D eigenvalue weighted by molar-refractivity contribution is 6.10. The van der Waals surface area contributed by atoms with Crippen molar-refractivity contribution in [3.05, 3.63) is 265 Å². The summed E-state index contributed by atoms with van der Waals surface area (Å²) in [6, 6.07) is 88.2. The van der Waals surface area contributed by atoms with Crippen LogP contribution in [0.2, 0.25) is 0 Å². The predicted octanol–water partition coefficient (Wildman–Crippen LogP) is 16.5. The number of rotatable bonds is 6. The topological polar surface area (TPSA) is 19.6 Å². The summed E-state index contributed by atoms with van der Waals surface area (Å²) in [5.41, 5.74) is 20.3. The van der Waals surface area contributed by atoms with Gasteiger partial charge in [0.1, 0.15) is 5.58 Å². The van der Waals surface area contributed by atoms with E-state index in [1.807, 2.05) is 6.07 Å². The summed E-state index contributed by atoms with van der Waals surface area (Å²) >= 11 is 0. The lowest BCUT2D eigenvalue weighted by Crippen LogP contribution is -2.36. The molecule has 1 spiro atoms. The van der Waals surface area contributed by atoms with Crippen LogP contribution in [0.25, 0.3) is 55.3 Å². The van der Waals surface area contributed by atoms with Crippen molar-refractivity contribution in [1.82, 2.24) is 0 Å². The molecule has 2 aliphatic rings. The zero-order valence-corrected chi connectivity index (χ0v) is 34.9. The lowest BCUT2D eigenvalue weighted by Gasteiger charge is -2.45. The summed E-state index contributed by atoms with van der Waals surface area (Å²) in [7, 11) is 0. The summed E-state index contributed by atoms with van der Waals surface area (Å²) in [6.07, 6.45) is 0. The van der Waals surface area contributed by atoms with Gasteiger partial charge >= 0.3 is 0 Å². The molecule has 64 heavy (non-hydrogen) atoms. The largest absolute Gasteiger partial charge is 0.454 e. The zero-order chi connectivity index (χ0) is 42.2. The van der Waals surface area contributed by atoms with E-state index < -0.39 is 5.41 Å². The second-order valence-corrected chi connectivity index (χ2v) is 16.8. The molecule has 1 aliphatic carbocycles. The van der Waals surface area contributed by atoms with Gasteiger partial charge in [0.15, 0.2) is 5.58 Å². The van der Waals surface area contributed by atoms with Crippen LogP contribution < -0.4 is 9.80 Å². The van der Waals surface area contributed by atoms with Gasteiger partial charge in [0, 0.05) is 27.8 Å². The van der Waals surface area contributed by atoms with Gasteiger partial charge in [-0.1, -0.05) is 176 Å². The molecule has 13 rings (SSSR count). The quantitative estimate of drug-likeness (QED) is 0.167. The predicted molar refractivity (Wildman–Crippen MR) is 265 cm³/mol. The number of benzene rings is 10. The highest BCUT2D eigenvalue weighted by Gasteiger charge is 2.51. The van der Waals surface area contributed by atoms with E-state index in [1.165, 1.54) is 61.4 Å². The Kier molecular flexibility index (Phi) is 8.13. The van der Waals surface area contributed by atoms with Gasteiger partial charge in [0.05, 0.1) is 22.5 Å². The first kappa shape index (κ1) is 36.3. The van der Waals surface area contributed by atoms with Crippen molar-refractivity contribution >= 4 is 56.1 Å². The summed E-state index contributed by atoms with van der Waals surface area (Å²) in [5, 5.41) is 2.21. The molecule has 0 N–H and O–H groups in total. The fourth-order valence-electron chi connectivity index (χ4n) is 10.7. The van der Waals surface area contributed by atoms with Gasteiger partial charge in [-0.25, -0.2) is 0 Å². The number of hydrogen-bond acceptors (Lipinski definition) is 3. The smallest absolute Gasteiger partial charge is 0.159 e. The van der Waals surface area contributed by atoms with Gasteiger partial charge in [0.25, 0.3) is 0 Å². The summed E-state index contributed by atoms with van der Waals surface area (Å²) in [4.78, 5) is 4.76. The maximum Gasteiger partial charge on any atom is 0.159 e. The zero-order valence-electron chi connectivity index (χ0n) is 34.9. The molecule has 2 heterocycles.